The first-order valence-electron chi connectivity index (χ1n) is 11.8. The van der Waals surface area contributed by atoms with Crippen LogP contribution in [-0.2, 0) is 4.79 Å². The predicted octanol–water partition coefficient (Wildman–Crippen LogP) is 3.26. The second kappa shape index (κ2) is 13.9. The van der Waals surface area contributed by atoms with Gasteiger partial charge in [0.15, 0.2) is 5.96 Å². The Balaban J connectivity index is 0.00000363. The van der Waals surface area contributed by atoms with Gasteiger partial charge in [0, 0.05) is 38.7 Å². The number of rotatable bonds is 8. The lowest BCUT2D eigenvalue weighted by atomic mass is 9.93. The molecule has 180 valence electrons. The number of halogens is 1. The van der Waals surface area contributed by atoms with Crippen LogP contribution in [-0.4, -0.2) is 75.1 Å². The molecule has 2 saturated heterocycles. The van der Waals surface area contributed by atoms with Gasteiger partial charge >= 0.3 is 0 Å². The molecule has 8 heteroatoms. The van der Waals surface area contributed by atoms with Gasteiger partial charge in [-0.15, -0.1) is 24.0 Å². The van der Waals surface area contributed by atoms with Crippen LogP contribution in [0.5, 0.6) is 5.75 Å². The molecule has 1 aromatic rings. The number of guanidine groups is 1. The minimum atomic E-state index is 0. The van der Waals surface area contributed by atoms with Crippen molar-refractivity contribution in [2.75, 3.05) is 53.4 Å². The van der Waals surface area contributed by atoms with Gasteiger partial charge in [-0.05, 0) is 57.7 Å². The van der Waals surface area contributed by atoms with Crippen LogP contribution in [0.1, 0.15) is 50.6 Å². The summed E-state index contributed by atoms with van der Waals surface area (Å²) in [6.07, 6.45) is 5.17. The molecule has 1 atom stereocenters. The van der Waals surface area contributed by atoms with Crippen molar-refractivity contribution >= 4 is 35.8 Å². The summed E-state index contributed by atoms with van der Waals surface area (Å²) in [5.74, 6) is 2.53. The molecule has 32 heavy (non-hydrogen) atoms. The molecular formula is C24H40IN5O2. The predicted molar refractivity (Wildman–Crippen MR) is 141 cm³/mol. The summed E-state index contributed by atoms with van der Waals surface area (Å²) >= 11 is 0. The topological polar surface area (TPSA) is 69.2 Å². The first-order chi connectivity index (χ1) is 15.2. The van der Waals surface area contributed by atoms with E-state index in [0.29, 0.717) is 18.9 Å². The van der Waals surface area contributed by atoms with E-state index in [1.807, 2.05) is 12.1 Å². The molecule has 1 amide bonds. The van der Waals surface area contributed by atoms with Crippen LogP contribution in [0.2, 0.25) is 0 Å². The summed E-state index contributed by atoms with van der Waals surface area (Å²) < 4.78 is 5.68. The Morgan fingerprint density at radius 3 is 2.50 bits per heavy atom. The van der Waals surface area contributed by atoms with Crippen molar-refractivity contribution in [3.8, 4) is 5.75 Å². The average molecular weight is 558 g/mol. The molecule has 0 aromatic heterocycles. The molecule has 3 rings (SSSR count). The van der Waals surface area contributed by atoms with Crippen LogP contribution in [0.4, 0.5) is 0 Å². The molecule has 0 bridgehead atoms. The number of para-hydroxylation sites is 1. The van der Waals surface area contributed by atoms with Gasteiger partial charge in [0.05, 0.1) is 19.7 Å². The van der Waals surface area contributed by atoms with E-state index in [-0.39, 0.29) is 35.9 Å². The summed E-state index contributed by atoms with van der Waals surface area (Å²) in [5, 5.41) is 6.24. The molecule has 0 radical (unpaired) electrons. The quantitative estimate of drug-likeness (QED) is 0.292. The van der Waals surface area contributed by atoms with Gasteiger partial charge in [-0.3, -0.25) is 14.7 Å². The van der Waals surface area contributed by atoms with E-state index in [4.69, 9.17) is 9.73 Å². The van der Waals surface area contributed by atoms with Crippen LogP contribution >= 0.6 is 24.0 Å². The molecule has 1 aromatic carbocycles. The van der Waals surface area contributed by atoms with Crippen molar-refractivity contribution in [2.24, 2.45) is 10.9 Å². The number of likely N-dealkylation sites (tertiary alicyclic amines) is 2. The SMILES string of the molecule is CCNC(=NCC(c1ccccc1OC)N1CCCC1)N1CCC(CC(=O)NC)CC1.I. The van der Waals surface area contributed by atoms with Crippen LogP contribution in [0.25, 0.3) is 0 Å². The summed E-state index contributed by atoms with van der Waals surface area (Å²) in [6.45, 7) is 7.78. The number of nitrogens with zero attached hydrogens (tertiary/aromatic N) is 3. The fourth-order valence-corrected chi connectivity index (χ4v) is 4.72. The van der Waals surface area contributed by atoms with Gasteiger partial charge in [0.25, 0.3) is 0 Å². The van der Waals surface area contributed by atoms with E-state index in [1.165, 1.54) is 18.4 Å². The zero-order valence-corrected chi connectivity index (χ0v) is 22.1. The monoisotopic (exact) mass is 557 g/mol. The molecule has 0 saturated carbocycles. The molecule has 2 fully saturated rings. The third-order valence-corrected chi connectivity index (χ3v) is 6.50. The number of hydrogen-bond donors (Lipinski definition) is 2. The fraction of sp³-hybridized carbons (Fsp3) is 0.667. The van der Waals surface area contributed by atoms with E-state index in [2.05, 4.69) is 39.5 Å². The first kappa shape index (κ1) is 26.7. The third-order valence-electron chi connectivity index (χ3n) is 6.50. The van der Waals surface area contributed by atoms with Crippen molar-refractivity contribution < 1.29 is 9.53 Å². The Labute approximate surface area is 210 Å². The third kappa shape index (κ3) is 7.23. The Hall–Kier alpha value is -1.55. The highest BCUT2D eigenvalue weighted by Gasteiger charge is 2.27. The molecule has 1 unspecified atom stereocenters. The van der Waals surface area contributed by atoms with Crippen LogP contribution in [0, 0.1) is 5.92 Å². The van der Waals surface area contributed by atoms with Crippen LogP contribution in [0.3, 0.4) is 0 Å². The van der Waals surface area contributed by atoms with E-state index < -0.39 is 0 Å². The van der Waals surface area contributed by atoms with Gasteiger partial charge in [0.2, 0.25) is 5.91 Å². The molecule has 7 nitrogen and oxygen atoms in total. The number of piperidine rings is 1. The summed E-state index contributed by atoms with van der Waals surface area (Å²) in [6, 6.07) is 8.56. The minimum absolute atomic E-state index is 0. The second-order valence-electron chi connectivity index (χ2n) is 8.50. The number of ether oxygens (including phenoxy) is 1. The zero-order chi connectivity index (χ0) is 22.1. The highest BCUT2D eigenvalue weighted by atomic mass is 127. The number of carbonyl (C=O) groups excluding carboxylic acids is 1. The van der Waals surface area contributed by atoms with E-state index in [1.54, 1.807) is 14.2 Å². The molecule has 2 heterocycles. The molecule has 0 aliphatic carbocycles. The highest BCUT2D eigenvalue weighted by molar-refractivity contribution is 14.0. The van der Waals surface area contributed by atoms with Gasteiger partial charge in [-0.25, -0.2) is 0 Å². The molecule has 2 N–H and O–H groups in total. The summed E-state index contributed by atoms with van der Waals surface area (Å²) in [5.41, 5.74) is 1.22. The van der Waals surface area contributed by atoms with Crippen molar-refractivity contribution in [1.29, 1.82) is 0 Å². The molecule has 2 aliphatic heterocycles. The fourth-order valence-electron chi connectivity index (χ4n) is 4.72. The van der Waals surface area contributed by atoms with Gasteiger partial charge in [-0.1, -0.05) is 18.2 Å². The number of benzene rings is 1. The molecule has 2 aliphatic rings. The van der Waals surface area contributed by atoms with Gasteiger partial charge in [0.1, 0.15) is 5.75 Å². The second-order valence-corrected chi connectivity index (χ2v) is 8.50. The lowest BCUT2D eigenvalue weighted by Gasteiger charge is -2.35. The number of hydrogen-bond acceptors (Lipinski definition) is 4. The van der Waals surface area contributed by atoms with Crippen molar-refractivity contribution in [3.05, 3.63) is 29.8 Å². The lowest BCUT2D eigenvalue weighted by Crippen LogP contribution is -2.46. The maximum absolute atomic E-state index is 11.7. The smallest absolute Gasteiger partial charge is 0.220 e. The first-order valence-corrected chi connectivity index (χ1v) is 11.8. The van der Waals surface area contributed by atoms with E-state index in [0.717, 1.165) is 57.3 Å². The highest BCUT2D eigenvalue weighted by Crippen LogP contribution is 2.32. The lowest BCUT2D eigenvalue weighted by molar-refractivity contribution is -0.121. The van der Waals surface area contributed by atoms with E-state index in [9.17, 15) is 4.79 Å². The Morgan fingerprint density at radius 1 is 1.19 bits per heavy atom. The molecular weight excluding hydrogens is 517 g/mol. The number of aliphatic imine (C=N–C) groups is 1. The Bertz CT molecular complexity index is 731. The average Bonchev–Trinajstić information content (AvgIpc) is 3.34. The maximum atomic E-state index is 11.7. The van der Waals surface area contributed by atoms with Gasteiger partial charge < -0.3 is 20.3 Å². The maximum Gasteiger partial charge on any atom is 0.220 e. The zero-order valence-electron chi connectivity index (χ0n) is 19.8. The van der Waals surface area contributed by atoms with Crippen molar-refractivity contribution in [1.82, 2.24) is 20.4 Å². The Kier molecular flexibility index (Phi) is 11.6. The normalized spacial score (nSPS) is 18.7. The largest absolute Gasteiger partial charge is 0.496 e. The van der Waals surface area contributed by atoms with E-state index >= 15 is 0 Å². The number of methoxy groups -OCH3 is 1. The number of nitrogens with one attached hydrogen (secondary N) is 2. The molecule has 0 spiro atoms. The summed E-state index contributed by atoms with van der Waals surface area (Å²) in [4.78, 5) is 21.7. The van der Waals surface area contributed by atoms with Gasteiger partial charge in [-0.2, -0.15) is 0 Å². The standard InChI is InChI=1S/C24H39N5O2.HI/c1-4-26-24(29-15-11-19(12-16-29)17-23(30)25-2)27-18-21(28-13-7-8-14-28)20-9-5-6-10-22(20)31-3;/h5-6,9-10,19,21H,4,7-8,11-18H2,1-3H3,(H,25,30)(H,26,27);1H. The number of carbonyl (C=O) groups is 1. The van der Waals surface area contributed by atoms with Crippen LogP contribution in [0.15, 0.2) is 29.3 Å². The van der Waals surface area contributed by atoms with Crippen LogP contribution < -0.4 is 15.4 Å². The summed E-state index contributed by atoms with van der Waals surface area (Å²) in [7, 11) is 3.46. The minimum Gasteiger partial charge on any atom is -0.496 e. The van der Waals surface area contributed by atoms with Crippen molar-refractivity contribution in [2.45, 2.75) is 45.1 Å². The number of amides is 1. The van der Waals surface area contributed by atoms with Crippen molar-refractivity contribution in [3.63, 3.8) is 0 Å². The Morgan fingerprint density at radius 2 is 1.88 bits per heavy atom.